The summed E-state index contributed by atoms with van der Waals surface area (Å²) in [5.41, 5.74) is 8.66. The summed E-state index contributed by atoms with van der Waals surface area (Å²) in [4.78, 5) is 2.37. The lowest BCUT2D eigenvalue weighted by Crippen LogP contribution is -2.27. The molecule has 0 bridgehead atoms. The largest absolute Gasteiger partial charge is 0.328 e. The predicted octanol–water partition coefficient (Wildman–Crippen LogP) is 3.10. The molecule has 1 aromatic carbocycles. The average Bonchev–Trinajstić information content (AvgIpc) is 2.35. The first-order chi connectivity index (χ1) is 8.97. The number of rotatable bonds is 8. The monoisotopic (exact) mass is 262 g/mol. The van der Waals surface area contributed by atoms with Gasteiger partial charge in [0.2, 0.25) is 0 Å². The van der Waals surface area contributed by atoms with Crippen LogP contribution in [0.4, 0.5) is 0 Å². The lowest BCUT2D eigenvalue weighted by atomic mass is 10.0. The van der Waals surface area contributed by atoms with E-state index < -0.39 is 0 Å². The van der Waals surface area contributed by atoms with Crippen molar-refractivity contribution in [3.8, 4) is 0 Å². The molecule has 2 N–H and O–H groups in total. The molecule has 1 unspecified atom stereocenters. The van der Waals surface area contributed by atoms with E-state index in [4.69, 9.17) is 5.73 Å². The maximum Gasteiger partial charge on any atom is 0.00226 e. The highest BCUT2D eigenvalue weighted by atomic mass is 15.1. The zero-order chi connectivity index (χ0) is 14.3. The maximum atomic E-state index is 5.78. The van der Waals surface area contributed by atoms with Gasteiger partial charge in [-0.15, -0.1) is 0 Å². The highest BCUT2D eigenvalue weighted by Gasteiger charge is 2.02. The van der Waals surface area contributed by atoms with Crippen LogP contribution in [-0.4, -0.2) is 31.1 Å². The van der Waals surface area contributed by atoms with Crippen LogP contribution >= 0.6 is 0 Å². The fourth-order valence-electron chi connectivity index (χ4n) is 2.17. The van der Waals surface area contributed by atoms with Gasteiger partial charge < -0.3 is 10.6 Å². The van der Waals surface area contributed by atoms with E-state index >= 15 is 0 Å². The molecule has 0 aliphatic rings. The third-order valence-electron chi connectivity index (χ3n) is 3.42. The van der Waals surface area contributed by atoms with Gasteiger partial charge in [0.1, 0.15) is 0 Å². The third-order valence-corrected chi connectivity index (χ3v) is 3.42. The summed E-state index contributed by atoms with van der Waals surface area (Å²) < 4.78 is 0. The second-order valence-corrected chi connectivity index (χ2v) is 6.23. The van der Waals surface area contributed by atoms with Gasteiger partial charge in [0, 0.05) is 12.6 Å². The van der Waals surface area contributed by atoms with Crippen molar-refractivity contribution < 1.29 is 0 Å². The Morgan fingerprint density at radius 1 is 1.00 bits per heavy atom. The van der Waals surface area contributed by atoms with Crippen molar-refractivity contribution in [2.45, 2.75) is 46.1 Å². The summed E-state index contributed by atoms with van der Waals surface area (Å²) in [6.07, 6.45) is 3.37. The van der Waals surface area contributed by atoms with Gasteiger partial charge in [-0.25, -0.2) is 0 Å². The highest BCUT2D eigenvalue weighted by molar-refractivity contribution is 5.23. The van der Waals surface area contributed by atoms with Crippen LogP contribution in [0.3, 0.4) is 0 Å². The molecule has 2 heteroatoms. The van der Waals surface area contributed by atoms with Crippen LogP contribution in [0.2, 0.25) is 0 Å². The molecule has 0 fully saturated rings. The Bertz CT molecular complexity index is 341. The molecule has 0 saturated carbocycles. The highest BCUT2D eigenvalue weighted by Crippen LogP contribution is 2.10. The fraction of sp³-hybridized carbons (Fsp3) is 0.647. The molecule has 108 valence electrons. The van der Waals surface area contributed by atoms with Crippen molar-refractivity contribution in [2.75, 3.05) is 20.1 Å². The molecular formula is C17H30N2. The van der Waals surface area contributed by atoms with Gasteiger partial charge in [-0.1, -0.05) is 38.1 Å². The van der Waals surface area contributed by atoms with Crippen LogP contribution < -0.4 is 5.73 Å². The van der Waals surface area contributed by atoms with Gasteiger partial charge in [0.05, 0.1) is 0 Å². The van der Waals surface area contributed by atoms with Crippen molar-refractivity contribution >= 4 is 0 Å². The summed E-state index contributed by atoms with van der Waals surface area (Å²) >= 11 is 0. The first-order valence-corrected chi connectivity index (χ1v) is 7.49. The van der Waals surface area contributed by atoms with E-state index in [1.54, 1.807) is 0 Å². The summed E-state index contributed by atoms with van der Waals surface area (Å²) in [5, 5.41) is 0. The Balaban J connectivity index is 2.33. The number of hydrogen-bond acceptors (Lipinski definition) is 2. The smallest absolute Gasteiger partial charge is 0.00226 e. The molecule has 19 heavy (non-hydrogen) atoms. The second-order valence-electron chi connectivity index (χ2n) is 6.23. The first kappa shape index (κ1) is 16.2. The third kappa shape index (κ3) is 7.34. The number of hydrogen-bond donors (Lipinski definition) is 1. The molecule has 0 spiro atoms. The molecule has 0 aromatic heterocycles. The van der Waals surface area contributed by atoms with Crippen LogP contribution in [0.1, 0.15) is 38.3 Å². The van der Waals surface area contributed by atoms with Crippen molar-refractivity contribution in [3.63, 3.8) is 0 Å². The Morgan fingerprint density at radius 3 is 2.11 bits per heavy atom. The molecule has 0 heterocycles. The fourth-order valence-corrected chi connectivity index (χ4v) is 2.17. The summed E-state index contributed by atoms with van der Waals surface area (Å²) in [7, 11) is 2.18. The van der Waals surface area contributed by atoms with Crippen molar-refractivity contribution in [2.24, 2.45) is 11.7 Å². The van der Waals surface area contributed by atoms with Crippen LogP contribution in [0.5, 0.6) is 0 Å². The van der Waals surface area contributed by atoms with E-state index in [0.29, 0.717) is 6.04 Å². The maximum absolute atomic E-state index is 5.78. The quantitative estimate of drug-likeness (QED) is 0.780. The molecule has 0 saturated heterocycles. The van der Waals surface area contributed by atoms with E-state index in [-0.39, 0.29) is 0 Å². The molecular weight excluding hydrogens is 232 g/mol. The van der Waals surface area contributed by atoms with Gasteiger partial charge in [-0.3, -0.25) is 0 Å². The molecule has 0 aliphatic heterocycles. The number of nitrogens with two attached hydrogens (primary N) is 1. The topological polar surface area (TPSA) is 29.3 Å². The van der Waals surface area contributed by atoms with Gasteiger partial charge >= 0.3 is 0 Å². The van der Waals surface area contributed by atoms with Crippen LogP contribution in [0.15, 0.2) is 24.3 Å². The van der Waals surface area contributed by atoms with E-state index in [1.165, 1.54) is 17.5 Å². The summed E-state index contributed by atoms with van der Waals surface area (Å²) in [6.45, 7) is 8.79. The van der Waals surface area contributed by atoms with Crippen molar-refractivity contribution in [3.05, 3.63) is 35.4 Å². The van der Waals surface area contributed by atoms with Gasteiger partial charge in [0.15, 0.2) is 0 Å². The predicted molar refractivity (Wildman–Crippen MR) is 84.5 cm³/mol. The minimum absolute atomic E-state index is 0.303. The molecule has 0 amide bonds. The van der Waals surface area contributed by atoms with Crippen LogP contribution in [-0.2, 0) is 12.8 Å². The lowest BCUT2D eigenvalue weighted by molar-refractivity contribution is 0.324. The normalized spacial score (nSPS) is 13.2. The van der Waals surface area contributed by atoms with E-state index in [9.17, 15) is 0 Å². The molecule has 1 atom stereocenters. The number of nitrogens with zero attached hydrogens (tertiary/aromatic N) is 1. The number of benzene rings is 1. The minimum Gasteiger partial charge on any atom is -0.328 e. The van der Waals surface area contributed by atoms with E-state index in [2.05, 4.69) is 57.0 Å². The van der Waals surface area contributed by atoms with Gasteiger partial charge in [-0.2, -0.15) is 0 Å². The van der Waals surface area contributed by atoms with Crippen LogP contribution in [0.25, 0.3) is 0 Å². The average molecular weight is 262 g/mol. The Labute approximate surface area is 119 Å². The molecule has 1 rings (SSSR count). The van der Waals surface area contributed by atoms with Crippen molar-refractivity contribution in [1.29, 1.82) is 0 Å². The zero-order valence-corrected chi connectivity index (χ0v) is 13.0. The lowest BCUT2D eigenvalue weighted by Gasteiger charge is -2.17. The van der Waals surface area contributed by atoms with E-state index in [1.807, 2.05) is 0 Å². The summed E-state index contributed by atoms with van der Waals surface area (Å²) in [6, 6.07) is 9.40. The SMILES string of the molecule is CC(C)Cc1ccc(CCN(C)CCC(C)N)cc1. The standard InChI is InChI=1S/C17H30N2/c1-14(2)13-17-7-5-16(6-8-17)10-12-19(4)11-9-15(3)18/h5-8,14-15H,9-13,18H2,1-4H3. The minimum atomic E-state index is 0.303. The second kappa shape index (κ2) is 8.34. The van der Waals surface area contributed by atoms with Gasteiger partial charge in [0.25, 0.3) is 0 Å². The van der Waals surface area contributed by atoms with E-state index in [0.717, 1.165) is 31.8 Å². The van der Waals surface area contributed by atoms with Crippen molar-refractivity contribution in [1.82, 2.24) is 4.90 Å². The molecule has 2 nitrogen and oxygen atoms in total. The van der Waals surface area contributed by atoms with Gasteiger partial charge in [-0.05, 0) is 56.8 Å². The molecule has 0 radical (unpaired) electrons. The molecule has 0 aliphatic carbocycles. The number of likely N-dealkylation sites (N-methyl/N-ethyl adjacent to an activating group) is 1. The Hall–Kier alpha value is -0.860. The Morgan fingerprint density at radius 2 is 1.58 bits per heavy atom. The Kier molecular flexibility index (Phi) is 7.11. The molecule has 1 aromatic rings. The first-order valence-electron chi connectivity index (χ1n) is 7.49. The zero-order valence-electron chi connectivity index (χ0n) is 13.0. The van der Waals surface area contributed by atoms with Crippen LogP contribution in [0, 0.1) is 5.92 Å². The summed E-state index contributed by atoms with van der Waals surface area (Å²) in [5.74, 6) is 0.732.